The Balaban J connectivity index is 1.88. The van der Waals surface area contributed by atoms with Gasteiger partial charge in [-0.2, -0.15) is 0 Å². The van der Waals surface area contributed by atoms with Crippen LogP contribution < -0.4 is 10.6 Å². The molecule has 5 nitrogen and oxygen atoms in total. The zero-order valence-electron chi connectivity index (χ0n) is 12.7. The molecule has 1 aromatic rings. The minimum absolute atomic E-state index is 0.0354. The average molecular weight is 345 g/mol. The second-order valence-corrected chi connectivity index (χ2v) is 8.44. The third-order valence-electron chi connectivity index (χ3n) is 3.82. The number of carbonyl (C=O) groups is 1. The van der Waals surface area contributed by atoms with E-state index in [1.165, 1.54) is 0 Å². The molecule has 0 spiro atoms. The Kier molecular flexibility index (Phi) is 5.47. The van der Waals surface area contributed by atoms with Crippen molar-refractivity contribution >= 4 is 27.3 Å². The molecule has 122 valence electrons. The molecule has 1 aliphatic heterocycles. The van der Waals surface area contributed by atoms with Crippen molar-refractivity contribution in [3.05, 3.63) is 34.9 Å². The lowest BCUT2D eigenvalue weighted by Crippen LogP contribution is -2.47. The predicted octanol–water partition coefficient (Wildman–Crippen LogP) is 1.68. The molecule has 3 atom stereocenters. The van der Waals surface area contributed by atoms with E-state index < -0.39 is 15.9 Å². The lowest BCUT2D eigenvalue weighted by atomic mass is 10.1. The van der Waals surface area contributed by atoms with Gasteiger partial charge in [-0.1, -0.05) is 23.7 Å². The smallest absolute Gasteiger partial charge is 0.237 e. The normalized spacial score (nSPS) is 23.0. The first kappa shape index (κ1) is 17.2. The topological polar surface area (TPSA) is 75.3 Å². The summed E-state index contributed by atoms with van der Waals surface area (Å²) in [7, 11) is -2.99. The third kappa shape index (κ3) is 4.69. The van der Waals surface area contributed by atoms with Crippen LogP contribution in [0.3, 0.4) is 0 Å². The highest BCUT2D eigenvalue weighted by Gasteiger charge is 2.30. The summed E-state index contributed by atoms with van der Waals surface area (Å²) < 4.78 is 22.8. The summed E-state index contributed by atoms with van der Waals surface area (Å²) in [4.78, 5) is 12.1. The summed E-state index contributed by atoms with van der Waals surface area (Å²) in [5.74, 6) is 0.00419. The molecule has 0 saturated carbocycles. The van der Waals surface area contributed by atoms with Crippen LogP contribution in [-0.2, 0) is 14.6 Å². The van der Waals surface area contributed by atoms with E-state index in [2.05, 4.69) is 10.6 Å². The highest BCUT2D eigenvalue weighted by Crippen LogP contribution is 2.18. The van der Waals surface area contributed by atoms with E-state index in [1.807, 2.05) is 25.1 Å². The van der Waals surface area contributed by atoms with Crippen molar-refractivity contribution in [3.8, 4) is 0 Å². The highest BCUT2D eigenvalue weighted by atomic mass is 35.5. The number of amides is 1. The summed E-state index contributed by atoms with van der Waals surface area (Å²) in [6, 6.07) is 6.73. The lowest BCUT2D eigenvalue weighted by molar-refractivity contribution is -0.123. The number of halogens is 1. The molecule has 1 saturated heterocycles. The SMILES string of the molecule is C[C@H](N[C@H](C)c1cccc(Cl)c1)C(=O)N[C@H]1CCS(=O)(=O)C1. The van der Waals surface area contributed by atoms with Gasteiger partial charge in [-0.25, -0.2) is 8.42 Å². The van der Waals surface area contributed by atoms with Crippen LogP contribution in [0.2, 0.25) is 5.02 Å². The van der Waals surface area contributed by atoms with Crippen molar-refractivity contribution in [1.29, 1.82) is 0 Å². The van der Waals surface area contributed by atoms with Crippen molar-refractivity contribution in [1.82, 2.24) is 10.6 Å². The summed E-state index contributed by atoms with van der Waals surface area (Å²) in [5, 5.41) is 6.65. The Labute approximate surface area is 136 Å². The van der Waals surface area contributed by atoms with Crippen LogP contribution in [0.4, 0.5) is 0 Å². The molecule has 7 heteroatoms. The van der Waals surface area contributed by atoms with E-state index >= 15 is 0 Å². The molecule has 0 bridgehead atoms. The van der Waals surface area contributed by atoms with Crippen LogP contribution in [0.25, 0.3) is 0 Å². The minimum atomic E-state index is -2.99. The number of nitrogens with one attached hydrogen (secondary N) is 2. The zero-order valence-corrected chi connectivity index (χ0v) is 14.2. The van der Waals surface area contributed by atoms with Crippen LogP contribution in [0.5, 0.6) is 0 Å². The predicted molar refractivity (Wildman–Crippen MR) is 87.7 cm³/mol. The number of rotatable bonds is 5. The molecule has 1 aliphatic rings. The molecule has 0 unspecified atom stereocenters. The molecule has 2 rings (SSSR count). The third-order valence-corrected chi connectivity index (χ3v) is 5.82. The van der Waals surface area contributed by atoms with Crippen LogP contribution in [0.1, 0.15) is 31.9 Å². The first-order valence-electron chi connectivity index (χ1n) is 7.29. The maximum Gasteiger partial charge on any atom is 0.237 e. The quantitative estimate of drug-likeness (QED) is 0.852. The Hall–Kier alpha value is -1.11. The van der Waals surface area contributed by atoms with Gasteiger partial charge in [-0.15, -0.1) is 0 Å². The van der Waals surface area contributed by atoms with Crippen LogP contribution in [0.15, 0.2) is 24.3 Å². The summed E-state index contributed by atoms with van der Waals surface area (Å²) in [5.41, 5.74) is 0.996. The van der Waals surface area contributed by atoms with Gasteiger partial charge in [0.2, 0.25) is 5.91 Å². The Morgan fingerprint density at radius 1 is 1.36 bits per heavy atom. The van der Waals surface area contributed by atoms with Gasteiger partial charge >= 0.3 is 0 Å². The molecular weight excluding hydrogens is 324 g/mol. The molecule has 0 aromatic heterocycles. The summed E-state index contributed by atoms with van der Waals surface area (Å²) in [6.45, 7) is 3.72. The fourth-order valence-corrected chi connectivity index (χ4v) is 4.43. The number of sulfone groups is 1. The molecule has 1 amide bonds. The van der Waals surface area contributed by atoms with Gasteiger partial charge in [0, 0.05) is 17.1 Å². The highest BCUT2D eigenvalue weighted by molar-refractivity contribution is 7.91. The second-order valence-electron chi connectivity index (χ2n) is 5.77. The molecule has 22 heavy (non-hydrogen) atoms. The second kappa shape index (κ2) is 6.98. The van der Waals surface area contributed by atoms with Crippen molar-refractivity contribution in [2.45, 2.75) is 38.4 Å². The lowest BCUT2D eigenvalue weighted by Gasteiger charge is -2.21. The minimum Gasteiger partial charge on any atom is -0.351 e. The summed E-state index contributed by atoms with van der Waals surface area (Å²) >= 11 is 5.96. The molecular formula is C15H21ClN2O3S. The Morgan fingerprint density at radius 2 is 2.09 bits per heavy atom. The van der Waals surface area contributed by atoms with E-state index in [9.17, 15) is 13.2 Å². The number of benzene rings is 1. The van der Waals surface area contributed by atoms with Crippen molar-refractivity contribution in [3.63, 3.8) is 0 Å². The van der Waals surface area contributed by atoms with E-state index in [1.54, 1.807) is 13.0 Å². The number of carbonyl (C=O) groups excluding carboxylic acids is 1. The van der Waals surface area contributed by atoms with E-state index in [0.29, 0.717) is 11.4 Å². The van der Waals surface area contributed by atoms with Crippen LogP contribution in [-0.4, -0.2) is 37.9 Å². The maximum atomic E-state index is 12.1. The van der Waals surface area contributed by atoms with Gasteiger partial charge in [0.05, 0.1) is 17.5 Å². The van der Waals surface area contributed by atoms with Gasteiger partial charge in [0.25, 0.3) is 0 Å². The molecule has 1 fully saturated rings. The standard InChI is InChI=1S/C15H21ClN2O3S/c1-10(12-4-3-5-13(16)8-12)17-11(2)15(19)18-14-6-7-22(20,21)9-14/h3-5,8,10-11,14,17H,6-7,9H2,1-2H3,(H,18,19)/t10-,11+,14+/m1/s1. The Bertz CT molecular complexity index is 648. The van der Waals surface area contributed by atoms with Gasteiger partial charge in [0.15, 0.2) is 9.84 Å². The van der Waals surface area contributed by atoms with E-state index in [0.717, 1.165) is 5.56 Å². The zero-order chi connectivity index (χ0) is 16.3. The first-order valence-corrected chi connectivity index (χ1v) is 9.49. The van der Waals surface area contributed by atoms with Crippen LogP contribution in [0, 0.1) is 0 Å². The monoisotopic (exact) mass is 344 g/mol. The van der Waals surface area contributed by atoms with Crippen molar-refractivity contribution in [2.75, 3.05) is 11.5 Å². The molecule has 1 aromatic carbocycles. The largest absolute Gasteiger partial charge is 0.351 e. The molecule has 0 aliphatic carbocycles. The van der Waals surface area contributed by atoms with Crippen molar-refractivity contribution in [2.24, 2.45) is 0 Å². The van der Waals surface area contributed by atoms with Crippen LogP contribution >= 0.6 is 11.6 Å². The fourth-order valence-electron chi connectivity index (χ4n) is 2.56. The van der Waals surface area contributed by atoms with E-state index in [-0.39, 0.29) is 29.5 Å². The fraction of sp³-hybridized carbons (Fsp3) is 0.533. The first-order chi connectivity index (χ1) is 10.3. The maximum absolute atomic E-state index is 12.1. The number of hydrogen-bond acceptors (Lipinski definition) is 4. The van der Waals surface area contributed by atoms with E-state index in [4.69, 9.17) is 11.6 Å². The molecule has 0 radical (unpaired) electrons. The summed E-state index contributed by atoms with van der Waals surface area (Å²) in [6.07, 6.45) is 0.491. The van der Waals surface area contributed by atoms with Crippen molar-refractivity contribution < 1.29 is 13.2 Å². The van der Waals surface area contributed by atoms with Gasteiger partial charge in [0.1, 0.15) is 0 Å². The van der Waals surface area contributed by atoms with Gasteiger partial charge in [-0.05, 0) is 38.0 Å². The number of hydrogen-bond donors (Lipinski definition) is 2. The van der Waals surface area contributed by atoms with Gasteiger partial charge < -0.3 is 5.32 Å². The Morgan fingerprint density at radius 3 is 2.68 bits per heavy atom. The average Bonchev–Trinajstić information content (AvgIpc) is 2.77. The van der Waals surface area contributed by atoms with Gasteiger partial charge in [-0.3, -0.25) is 10.1 Å². The molecule has 1 heterocycles. The molecule has 2 N–H and O–H groups in total.